The lowest BCUT2D eigenvalue weighted by Crippen LogP contribution is -2.09. The summed E-state index contributed by atoms with van der Waals surface area (Å²) in [6, 6.07) is 21.4. The van der Waals surface area contributed by atoms with E-state index < -0.39 is 11.7 Å². The van der Waals surface area contributed by atoms with Gasteiger partial charge < -0.3 is 5.32 Å². The van der Waals surface area contributed by atoms with Gasteiger partial charge in [0, 0.05) is 18.3 Å². The number of anilines is 1. The minimum atomic E-state index is -4.52. The van der Waals surface area contributed by atoms with Gasteiger partial charge in [0.15, 0.2) is 5.82 Å². The number of pyridine rings is 1. The molecule has 5 nitrogen and oxygen atoms in total. The predicted octanol–water partition coefficient (Wildman–Crippen LogP) is 5.71. The van der Waals surface area contributed by atoms with Crippen molar-refractivity contribution in [3.8, 4) is 28.8 Å². The molecule has 2 aromatic carbocycles. The normalized spacial score (nSPS) is 11.1. The summed E-state index contributed by atoms with van der Waals surface area (Å²) in [7, 11) is 0. The minimum absolute atomic E-state index is 0.0555. The number of nitrogens with one attached hydrogen (secondary N) is 1. The molecule has 0 atom stereocenters. The number of nitrogens with zero attached hydrogens (tertiary/aromatic N) is 4. The third-order valence-corrected chi connectivity index (χ3v) is 4.68. The summed E-state index contributed by atoms with van der Waals surface area (Å²) in [5.41, 5.74) is 0.891. The van der Waals surface area contributed by atoms with Crippen molar-refractivity contribution in [3.05, 3.63) is 95.7 Å². The van der Waals surface area contributed by atoms with Crippen molar-refractivity contribution in [1.29, 1.82) is 5.26 Å². The second kappa shape index (κ2) is 8.86. The van der Waals surface area contributed by atoms with Crippen LogP contribution in [0.1, 0.15) is 16.7 Å². The smallest absolute Gasteiger partial charge is 0.365 e. The zero-order valence-electron chi connectivity index (χ0n) is 16.6. The largest absolute Gasteiger partial charge is 0.416 e. The van der Waals surface area contributed by atoms with Crippen molar-refractivity contribution in [3.63, 3.8) is 0 Å². The van der Waals surface area contributed by atoms with Crippen LogP contribution in [0.4, 0.5) is 19.0 Å². The number of alkyl halides is 3. The molecule has 0 aliphatic rings. The van der Waals surface area contributed by atoms with Crippen LogP contribution in [0.25, 0.3) is 22.8 Å². The molecule has 2 heterocycles. The van der Waals surface area contributed by atoms with Crippen LogP contribution in [0.5, 0.6) is 0 Å². The van der Waals surface area contributed by atoms with Gasteiger partial charge in [-0.25, -0.2) is 9.97 Å². The van der Waals surface area contributed by atoms with Gasteiger partial charge in [0.1, 0.15) is 23.1 Å². The molecule has 2 aromatic heterocycles. The number of hydrogen-bond donors (Lipinski definition) is 1. The van der Waals surface area contributed by atoms with Crippen LogP contribution < -0.4 is 5.32 Å². The first-order chi connectivity index (χ1) is 15.5. The maximum atomic E-state index is 13.3. The Hall–Kier alpha value is -4.25. The summed E-state index contributed by atoms with van der Waals surface area (Å²) >= 11 is 0. The van der Waals surface area contributed by atoms with Gasteiger partial charge in [-0.15, -0.1) is 0 Å². The minimum Gasteiger partial charge on any atom is -0.365 e. The van der Waals surface area contributed by atoms with E-state index >= 15 is 0 Å². The van der Waals surface area contributed by atoms with Crippen LogP contribution >= 0.6 is 0 Å². The Morgan fingerprint density at radius 2 is 1.69 bits per heavy atom. The fraction of sp³-hybridized carbons (Fsp3) is 0.0833. The van der Waals surface area contributed by atoms with Gasteiger partial charge in [-0.2, -0.15) is 18.4 Å². The molecular weight excluding hydrogens is 415 g/mol. The molecular formula is C24H16F3N5. The van der Waals surface area contributed by atoms with Crippen molar-refractivity contribution in [2.75, 3.05) is 5.32 Å². The molecule has 158 valence electrons. The molecule has 0 saturated carbocycles. The second-order valence-corrected chi connectivity index (χ2v) is 6.86. The Labute approximate surface area is 182 Å². The quantitative estimate of drug-likeness (QED) is 0.438. The van der Waals surface area contributed by atoms with Gasteiger partial charge in [-0.1, -0.05) is 48.5 Å². The molecule has 32 heavy (non-hydrogen) atoms. The molecule has 0 bridgehead atoms. The average molecular weight is 431 g/mol. The van der Waals surface area contributed by atoms with Gasteiger partial charge >= 0.3 is 6.18 Å². The number of nitriles is 1. The summed E-state index contributed by atoms with van der Waals surface area (Å²) in [4.78, 5) is 13.1. The number of halogens is 3. The van der Waals surface area contributed by atoms with Crippen molar-refractivity contribution in [2.24, 2.45) is 0 Å². The van der Waals surface area contributed by atoms with Gasteiger partial charge in [0.2, 0.25) is 0 Å². The highest BCUT2D eigenvalue weighted by atomic mass is 19.4. The Morgan fingerprint density at radius 1 is 0.906 bits per heavy atom. The highest BCUT2D eigenvalue weighted by Crippen LogP contribution is 2.34. The standard InChI is InChI=1S/C24H16F3N5/c25-24(26,27)18-10-6-9-17(13-18)21-19(14-28)22(30-15-16-7-2-1-3-8-16)32-23(31-21)20-11-4-5-12-29-20/h1-13H,15H2,(H,30,31,32). The van der Waals surface area contributed by atoms with Crippen LogP contribution in [-0.4, -0.2) is 15.0 Å². The van der Waals surface area contributed by atoms with E-state index in [1.807, 2.05) is 36.4 Å². The molecule has 0 spiro atoms. The van der Waals surface area contributed by atoms with Crippen molar-refractivity contribution in [1.82, 2.24) is 15.0 Å². The maximum Gasteiger partial charge on any atom is 0.416 e. The van der Waals surface area contributed by atoms with Crippen LogP contribution in [-0.2, 0) is 12.7 Å². The van der Waals surface area contributed by atoms with Crippen LogP contribution in [0.15, 0.2) is 79.0 Å². The van der Waals surface area contributed by atoms with E-state index in [0.717, 1.165) is 17.7 Å². The molecule has 0 unspecified atom stereocenters. The predicted molar refractivity (Wildman–Crippen MR) is 114 cm³/mol. The Morgan fingerprint density at radius 3 is 2.38 bits per heavy atom. The molecule has 0 aliphatic heterocycles. The zero-order valence-corrected chi connectivity index (χ0v) is 16.6. The monoisotopic (exact) mass is 431 g/mol. The maximum absolute atomic E-state index is 13.3. The molecule has 4 rings (SSSR count). The van der Waals surface area contributed by atoms with E-state index in [0.29, 0.717) is 12.2 Å². The second-order valence-electron chi connectivity index (χ2n) is 6.86. The third-order valence-electron chi connectivity index (χ3n) is 4.68. The fourth-order valence-electron chi connectivity index (χ4n) is 3.14. The Bertz CT molecular complexity index is 1270. The van der Waals surface area contributed by atoms with Crippen molar-refractivity contribution < 1.29 is 13.2 Å². The van der Waals surface area contributed by atoms with Gasteiger partial charge in [0.05, 0.1) is 11.3 Å². The van der Waals surface area contributed by atoms with Crippen LogP contribution in [0.3, 0.4) is 0 Å². The highest BCUT2D eigenvalue weighted by Gasteiger charge is 2.31. The molecule has 0 fully saturated rings. The van der Waals surface area contributed by atoms with E-state index in [1.165, 1.54) is 12.1 Å². The van der Waals surface area contributed by atoms with Gasteiger partial charge in [0.25, 0.3) is 0 Å². The molecule has 4 aromatic rings. The van der Waals surface area contributed by atoms with E-state index in [9.17, 15) is 18.4 Å². The van der Waals surface area contributed by atoms with E-state index in [2.05, 4.69) is 20.3 Å². The molecule has 0 saturated heterocycles. The summed E-state index contributed by atoms with van der Waals surface area (Å²) in [6.07, 6.45) is -2.95. The van der Waals surface area contributed by atoms with Crippen LogP contribution in [0, 0.1) is 11.3 Å². The lowest BCUT2D eigenvalue weighted by atomic mass is 10.0. The van der Waals surface area contributed by atoms with Crippen molar-refractivity contribution >= 4 is 5.82 Å². The van der Waals surface area contributed by atoms with E-state index in [1.54, 1.807) is 24.4 Å². The number of benzene rings is 2. The lowest BCUT2D eigenvalue weighted by Gasteiger charge is -2.14. The van der Waals surface area contributed by atoms with Crippen LogP contribution in [0.2, 0.25) is 0 Å². The Balaban J connectivity index is 1.86. The number of rotatable bonds is 5. The van der Waals surface area contributed by atoms with Gasteiger partial charge in [-0.3, -0.25) is 4.98 Å². The summed E-state index contributed by atoms with van der Waals surface area (Å²) < 4.78 is 39.8. The van der Waals surface area contributed by atoms with E-state index in [-0.39, 0.29) is 28.5 Å². The molecule has 0 aliphatic carbocycles. The van der Waals surface area contributed by atoms with Crippen molar-refractivity contribution in [2.45, 2.75) is 12.7 Å². The zero-order chi connectivity index (χ0) is 22.6. The van der Waals surface area contributed by atoms with E-state index in [4.69, 9.17) is 0 Å². The molecule has 0 radical (unpaired) electrons. The first-order valence-electron chi connectivity index (χ1n) is 9.64. The first kappa shape index (κ1) is 21.0. The highest BCUT2D eigenvalue weighted by molar-refractivity contribution is 5.75. The number of aromatic nitrogens is 3. The van der Waals surface area contributed by atoms with Gasteiger partial charge in [-0.05, 0) is 29.8 Å². The summed E-state index contributed by atoms with van der Waals surface area (Å²) in [5, 5.41) is 13.0. The SMILES string of the molecule is N#Cc1c(NCc2ccccc2)nc(-c2ccccn2)nc1-c1cccc(C(F)(F)F)c1. The lowest BCUT2D eigenvalue weighted by molar-refractivity contribution is -0.137. The summed E-state index contributed by atoms with van der Waals surface area (Å²) in [5.74, 6) is 0.423. The third kappa shape index (κ3) is 4.57. The first-order valence-corrected chi connectivity index (χ1v) is 9.64. The molecule has 1 N–H and O–H groups in total. The Kier molecular flexibility index (Phi) is 5.81. The molecule has 8 heteroatoms. The number of hydrogen-bond acceptors (Lipinski definition) is 5. The average Bonchev–Trinajstić information content (AvgIpc) is 2.83. The topological polar surface area (TPSA) is 74.5 Å². The summed E-state index contributed by atoms with van der Waals surface area (Å²) in [6.45, 7) is 0.371. The molecule has 0 amide bonds. The fourth-order valence-corrected chi connectivity index (χ4v) is 3.14.